The predicted molar refractivity (Wildman–Crippen MR) is 144 cm³/mol. The standard InChI is InChI=1S/C27H38N6O2/c1-7-9-15-28-25(34)30-19-13-11-17(3)21-23(19)33-24-20(31-26(35)29-16-10-8-2)14-12-18(22(24)32-21)27(4,5)6/h11-14H,7-10,15-16H2,1-6H3,(H2,28,30,34)(H2,29,31,35). The minimum absolute atomic E-state index is 0.175. The van der Waals surface area contributed by atoms with Crippen LogP contribution < -0.4 is 21.3 Å². The van der Waals surface area contributed by atoms with Crippen LogP contribution in [0.15, 0.2) is 24.3 Å². The van der Waals surface area contributed by atoms with E-state index in [1.54, 1.807) is 0 Å². The van der Waals surface area contributed by atoms with Crippen molar-refractivity contribution in [1.29, 1.82) is 0 Å². The van der Waals surface area contributed by atoms with Crippen molar-refractivity contribution in [2.45, 2.75) is 72.6 Å². The summed E-state index contributed by atoms with van der Waals surface area (Å²) < 4.78 is 0. The molecule has 0 aliphatic rings. The minimum atomic E-state index is -0.275. The molecule has 0 spiro atoms. The molecule has 8 nitrogen and oxygen atoms in total. The molecule has 0 aliphatic carbocycles. The molecule has 3 rings (SSSR count). The Morgan fingerprint density at radius 3 is 1.74 bits per heavy atom. The highest BCUT2D eigenvalue weighted by Crippen LogP contribution is 2.35. The number of benzene rings is 2. The van der Waals surface area contributed by atoms with Gasteiger partial charge < -0.3 is 21.3 Å². The fourth-order valence-corrected chi connectivity index (χ4v) is 3.86. The third kappa shape index (κ3) is 6.38. The highest BCUT2D eigenvalue weighted by atomic mass is 16.2. The van der Waals surface area contributed by atoms with Crippen LogP contribution in [0, 0.1) is 6.92 Å². The number of rotatable bonds is 8. The van der Waals surface area contributed by atoms with Crippen LogP contribution in [0.3, 0.4) is 0 Å². The number of carbonyl (C=O) groups excluding carboxylic acids is 2. The Morgan fingerprint density at radius 2 is 1.23 bits per heavy atom. The zero-order chi connectivity index (χ0) is 25.6. The van der Waals surface area contributed by atoms with Gasteiger partial charge in [0.25, 0.3) is 0 Å². The van der Waals surface area contributed by atoms with E-state index in [2.05, 4.69) is 55.9 Å². The SMILES string of the molecule is CCCCNC(=O)Nc1ccc(C)c2nc3c(C(C)(C)C)ccc(NC(=O)NCCCC)c3nc12. The van der Waals surface area contributed by atoms with Crippen molar-refractivity contribution in [2.75, 3.05) is 23.7 Å². The lowest BCUT2D eigenvalue weighted by Crippen LogP contribution is -2.30. The lowest BCUT2D eigenvalue weighted by Gasteiger charge is -2.22. The van der Waals surface area contributed by atoms with Crippen molar-refractivity contribution < 1.29 is 9.59 Å². The third-order valence-electron chi connectivity index (χ3n) is 5.89. The molecule has 0 saturated heterocycles. The number of aryl methyl sites for hydroxylation is 1. The summed E-state index contributed by atoms with van der Waals surface area (Å²) in [7, 11) is 0. The summed E-state index contributed by atoms with van der Waals surface area (Å²) in [6.45, 7) is 13.7. The molecule has 4 N–H and O–H groups in total. The van der Waals surface area contributed by atoms with Gasteiger partial charge in [0.15, 0.2) is 0 Å². The molecule has 35 heavy (non-hydrogen) atoms. The van der Waals surface area contributed by atoms with Gasteiger partial charge in [-0.3, -0.25) is 0 Å². The maximum atomic E-state index is 12.5. The van der Waals surface area contributed by atoms with Crippen molar-refractivity contribution in [1.82, 2.24) is 20.6 Å². The van der Waals surface area contributed by atoms with Gasteiger partial charge in [0.2, 0.25) is 0 Å². The third-order valence-corrected chi connectivity index (χ3v) is 5.89. The Balaban J connectivity index is 2.12. The Labute approximate surface area is 207 Å². The van der Waals surface area contributed by atoms with Gasteiger partial charge in [-0.05, 0) is 48.4 Å². The second-order valence-electron chi connectivity index (χ2n) is 9.93. The number of hydrogen-bond donors (Lipinski definition) is 4. The topological polar surface area (TPSA) is 108 Å². The average molecular weight is 479 g/mol. The zero-order valence-corrected chi connectivity index (χ0v) is 21.8. The van der Waals surface area contributed by atoms with E-state index in [9.17, 15) is 9.59 Å². The highest BCUT2D eigenvalue weighted by Gasteiger charge is 2.22. The summed E-state index contributed by atoms with van der Waals surface area (Å²) in [5.41, 5.74) is 5.62. The molecule has 4 amide bonds. The van der Waals surface area contributed by atoms with Gasteiger partial charge in [-0.25, -0.2) is 19.6 Å². The van der Waals surface area contributed by atoms with Crippen LogP contribution in [-0.2, 0) is 5.41 Å². The second kappa shape index (κ2) is 11.3. The quantitative estimate of drug-likeness (QED) is 0.227. The van der Waals surface area contributed by atoms with Crippen LogP contribution in [0.25, 0.3) is 22.1 Å². The van der Waals surface area contributed by atoms with Crippen LogP contribution in [-0.4, -0.2) is 35.1 Å². The molecule has 0 atom stereocenters. The van der Waals surface area contributed by atoms with Crippen molar-refractivity contribution >= 4 is 45.5 Å². The number of fused-ring (bicyclic) bond motifs is 2. The smallest absolute Gasteiger partial charge is 0.319 e. The summed E-state index contributed by atoms with van der Waals surface area (Å²) in [6, 6.07) is 7.11. The van der Waals surface area contributed by atoms with E-state index < -0.39 is 0 Å². The molecular weight excluding hydrogens is 440 g/mol. The molecule has 2 aromatic carbocycles. The minimum Gasteiger partial charge on any atom is -0.338 e. The van der Waals surface area contributed by atoms with Crippen LogP contribution in [0.1, 0.15) is 71.4 Å². The largest absolute Gasteiger partial charge is 0.338 e. The molecule has 1 aromatic heterocycles. The van der Waals surface area contributed by atoms with E-state index in [4.69, 9.17) is 9.97 Å². The number of nitrogens with one attached hydrogen (secondary N) is 4. The highest BCUT2D eigenvalue weighted by molar-refractivity contribution is 6.06. The molecule has 0 bridgehead atoms. The van der Waals surface area contributed by atoms with Gasteiger partial charge in [-0.2, -0.15) is 0 Å². The molecule has 0 unspecified atom stereocenters. The number of hydrogen-bond acceptors (Lipinski definition) is 4. The monoisotopic (exact) mass is 478 g/mol. The summed E-state index contributed by atoms with van der Waals surface area (Å²) in [4.78, 5) is 35.0. The molecule has 1 heterocycles. The molecule has 3 aromatic rings. The van der Waals surface area contributed by atoms with Crippen LogP contribution in [0.2, 0.25) is 0 Å². The predicted octanol–water partition coefficient (Wildman–Crippen LogP) is 6.23. The van der Waals surface area contributed by atoms with E-state index in [0.717, 1.165) is 47.8 Å². The van der Waals surface area contributed by atoms with Crippen molar-refractivity contribution in [3.8, 4) is 0 Å². The summed E-state index contributed by atoms with van der Waals surface area (Å²) in [5.74, 6) is 0. The van der Waals surface area contributed by atoms with E-state index in [1.165, 1.54) is 0 Å². The van der Waals surface area contributed by atoms with Crippen LogP contribution in [0.4, 0.5) is 21.0 Å². The molecular formula is C27H38N6O2. The summed E-state index contributed by atoms with van der Waals surface area (Å²) in [6.07, 6.45) is 3.83. The van der Waals surface area contributed by atoms with Gasteiger partial charge in [0.1, 0.15) is 11.0 Å². The van der Waals surface area contributed by atoms with Gasteiger partial charge in [-0.1, -0.05) is 59.6 Å². The fraction of sp³-hybridized carbons (Fsp3) is 0.481. The Hall–Kier alpha value is -3.42. The van der Waals surface area contributed by atoms with E-state index >= 15 is 0 Å². The molecule has 188 valence electrons. The molecule has 0 saturated carbocycles. The second-order valence-corrected chi connectivity index (χ2v) is 9.93. The van der Waals surface area contributed by atoms with Gasteiger partial charge in [0.05, 0.1) is 22.4 Å². The van der Waals surface area contributed by atoms with Crippen LogP contribution >= 0.6 is 0 Å². The average Bonchev–Trinajstić information content (AvgIpc) is 2.80. The first-order valence-electron chi connectivity index (χ1n) is 12.5. The Kier molecular flexibility index (Phi) is 8.48. The normalized spacial score (nSPS) is 11.5. The van der Waals surface area contributed by atoms with Gasteiger partial charge in [-0.15, -0.1) is 0 Å². The lowest BCUT2D eigenvalue weighted by atomic mass is 9.85. The first-order valence-corrected chi connectivity index (χ1v) is 12.5. The van der Waals surface area contributed by atoms with Gasteiger partial charge in [0, 0.05) is 13.1 Å². The fourth-order valence-electron chi connectivity index (χ4n) is 3.86. The molecule has 0 radical (unpaired) electrons. The first kappa shape index (κ1) is 26.2. The van der Waals surface area contributed by atoms with E-state index in [-0.39, 0.29) is 17.5 Å². The Bertz CT molecular complexity index is 1220. The van der Waals surface area contributed by atoms with Crippen LogP contribution in [0.5, 0.6) is 0 Å². The van der Waals surface area contributed by atoms with E-state index in [1.807, 2.05) is 31.2 Å². The van der Waals surface area contributed by atoms with Gasteiger partial charge >= 0.3 is 12.1 Å². The zero-order valence-electron chi connectivity index (χ0n) is 21.8. The number of aromatic nitrogens is 2. The summed E-state index contributed by atoms with van der Waals surface area (Å²) >= 11 is 0. The lowest BCUT2D eigenvalue weighted by molar-refractivity contribution is 0.251. The number of unbranched alkanes of at least 4 members (excludes halogenated alkanes) is 2. The Morgan fingerprint density at radius 1 is 0.743 bits per heavy atom. The number of anilines is 2. The maximum absolute atomic E-state index is 12.5. The van der Waals surface area contributed by atoms with E-state index in [0.29, 0.717) is 35.5 Å². The maximum Gasteiger partial charge on any atom is 0.319 e. The van der Waals surface area contributed by atoms with Crippen molar-refractivity contribution in [3.63, 3.8) is 0 Å². The number of amides is 4. The molecule has 8 heteroatoms. The van der Waals surface area contributed by atoms with Crippen molar-refractivity contribution in [2.24, 2.45) is 0 Å². The first-order chi connectivity index (χ1) is 16.7. The summed E-state index contributed by atoms with van der Waals surface area (Å²) in [5, 5.41) is 11.6. The number of carbonyl (C=O) groups is 2. The number of urea groups is 2. The molecule has 0 fully saturated rings. The van der Waals surface area contributed by atoms with Crippen molar-refractivity contribution in [3.05, 3.63) is 35.4 Å². The molecule has 0 aliphatic heterocycles. The number of nitrogens with zero attached hydrogens (tertiary/aromatic N) is 2.